The van der Waals surface area contributed by atoms with Crippen LogP contribution < -0.4 is 19.6 Å². The number of aryl methyl sites for hydroxylation is 2. The zero-order chi connectivity index (χ0) is 23.6. The predicted octanol–water partition coefficient (Wildman–Crippen LogP) is 4.29. The van der Waals surface area contributed by atoms with E-state index in [1.54, 1.807) is 37.6 Å². The van der Waals surface area contributed by atoms with Crippen LogP contribution in [0.4, 0.5) is 0 Å². The van der Waals surface area contributed by atoms with Gasteiger partial charge in [-0.15, -0.1) is 0 Å². The molecule has 7 heteroatoms. The third kappa shape index (κ3) is 7.11. The Morgan fingerprint density at radius 2 is 1.73 bits per heavy atom. The van der Waals surface area contributed by atoms with Gasteiger partial charge < -0.3 is 14.2 Å². The summed E-state index contributed by atoms with van der Waals surface area (Å²) in [7, 11) is 1.59. The lowest BCUT2D eigenvalue weighted by Gasteiger charge is -2.11. The van der Waals surface area contributed by atoms with Crippen LogP contribution in [-0.2, 0) is 11.4 Å². The van der Waals surface area contributed by atoms with Gasteiger partial charge in [0.1, 0.15) is 23.9 Å². The lowest BCUT2D eigenvalue weighted by Crippen LogP contribution is -2.24. The summed E-state index contributed by atoms with van der Waals surface area (Å²) >= 11 is 0. The molecule has 0 aliphatic heterocycles. The standard InChI is InChI=1S/C26H25N3O4/c1-18-10-19(2)12-24(11-18)33-17-26(30)29-28-15-21-6-9-25(31-3)22(13-21)16-32-23-7-4-20(14-27)5-8-23/h4-13,15H,16-17H2,1-3H3,(H,29,30)/b28-15-. The Morgan fingerprint density at radius 1 is 1.00 bits per heavy atom. The number of carbonyl (C=O) groups excluding carboxylic acids is 1. The van der Waals surface area contributed by atoms with Crippen molar-refractivity contribution in [2.24, 2.45) is 5.10 Å². The predicted molar refractivity (Wildman–Crippen MR) is 126 cm³/mol. The summed E-state index contributed by atoms with van der Waals surface area (Å²) in [5.74, 6) is 1.61. The molecule has 0 unspecified atom stereocenters. The SMILES string of the molecule is COc1ccc(/C=N\NC(=O)COc2cc(C)cc(C)c2)cc1COc1ccc(C#N)cc1. The summed E-state index contributed by atoms with van der Waals surface area (Å²) in [6.45, 7) is 4.09. The van der Waals surface area contributed by atoms with Crippen molar-refractivity contribution in [3.63, 3.8) is 0 Å². The molecule has 0 heterocycles. The molecule has 0 aliphatic carbocycles. The zero-order valence-corrected chi connectivity index (χ0v) is 18.8. The molecule has 0 saturated heterocycles. The van der Waals surface area contributed by atoms with Gasteiger partial charge in [-0.1, -0.05) is 6.07 Å². The maximum Gasteiger partial charge on any atom is 0.277 e. The van der Waals surface area contributed by atoms with E-state index in [0.717, 1.165) is 22.3 Å². The molecule has 1 N–H and O–H groups in total. The van der Waals surface area contributed by atoms with Crippen LogP contribution >= 0.6 is 0 Å². The molecule has 0 radical (unpaired) electrons. The Balaban J connectivity index is 1.56. The molecule has 33 heavy (non-hydrogen) atoms. The van der Waals surface area contributed by atoms with Gasteiger partial charge in [0.15, 0.2) is 6.61 Å². The van der Waals surface area contributed by atoms with Gasteiger partial charge in [0.2, 0.25) is 0 Å². The van der Waals surface area contributed by atoms with Crippen LogP contribution in [0, 0.1) is 25.2 Å². The highest BCUT2D eigenvalue weighted by Crippen LogP contribution is 2.22. The zero-order valence-electron chi connectivity index (χ0n) is 18.8. The number of hydrogen-bond acceptors (Lipinski definition) is 6. The van der Waals surface area contributed by atoms with Crippen molar-refractivity contribution in [2.75, 3.05) is 13.7 Å². The van der Waals surface area contributed by atoms with E-state index < -0.39 is 0 Å². The average molecular weight is 444 g/mol. The second kappa shape index (κ2) is 11.3. The van der Waals surface area contributed by atoms with Crippen LogP contribution in [0.3, 0.4) is 0 Å². The molecule has 168 valence electrons. The number of nitrogens with zero attached hydrogens (tertiary/aromatic N) is 2. The summed E-state index contributed by atoms with van der Waals surface area (Å²) in [4.78, 5) is 12.0. The van der Waals surface area contributed by atoms with Crippen molar-refractivity contribution in [1.29, 1.82) is 5.26 Å². The summed E-state index contributed by atoms with van der Waals surface area (Å²) in [5, 5.41) is 12.9. The Bertz CT molecular complexity index is 1160. The number of nitriles is 1. The van der Waals surface area contributed by atoms with Gasteiger partial charge in [-0.2, -0.15) is 10.4 Å². The van der Waals surface area contributed by atoms with E-state index in [1.165, 1.54) is 0 Å². The molecule has 3 aromatic rings. The maximum atomic E-state index is 12.0. The Morgan fingerprint density at radius 3 is 2.39 bits per heavy atom. The molecular weight excluding hydrogens is 418 g/mol. The first-order chi connectivity index (χ1) is 16.0. The molecule has 7 nitrogen and oxygen atoms in total. The minimum atomic E-state index is -0.358. The van der Waals surface area contributed by atoms with Crippen LogP contribution in [0.25, 0.3) is 0 Å². The average Bonchev–Trinajstić information content (AvgIpc) is 2.81. The number of hydrazone groups is 1. The van der Waals surface area contributed by atoms with E-state index in [2.05, 4.69) is 16.6 Å². The van der Waals surface area contributed by atoms with Gasteiger partial charge >= 0.3 is 0 Å². The summed E-state index contributed by atoms with van der Waals surface area (Å²) in [5.41, 5.74) is 6.76. The fourth-order valence-corrected chi connectivity index (χ4v) is 3.15. The van der Waals surface area contributed by atoms with Gasteiger partial charge in [0.25, 0.3) is 5.91 Å². The normalized spacial score (nSPS) is 10.5. The van der Waals surface area contributed by atoms with E-state index in [9.17, 15) is 4.79 Å². The number of carbonyl (C=O) groups is 1. The van der Waals surface area contributed by atoms with Gasteiger partial charge in [0, 0.05) is 5.56 Å². The fraction of sp³-hybridized carbons (Fsp3) is 0.192. The highest BCUT2D eigenvalue weighted by atomic mass is 16.5. The molecule has 3 aromatic carbocycles. The number of benzene rings is 3. The number of rotatable bonds is 9. The van der Waals surface area contributed by atoms with Crippen molar-refractivity contribution in [3.05, 3.63) is 88.5 Å². The number of amides is 1. The first kappa shape index (κ1) is 23.4. The Hall–Kier alpha value is -4.31. The van der Waals surface area contributed by atoms with Crippen LogP contribution in [0.15, 0.2) is 65.8 Å². The highest BCUT2D eigenvalue weighted by Gasteiger charge is 2.06. The highest BCUT2D eigenvalue weighted by molar-refractivity contribution is 5.83. The topological polar surface area (TPSA) is 92.9 Å². The first-order valence-electron chi connectivity index (χ1n) is 10.3. The monoisotopic (exact) mass is 443 g/mol. The maximum absolute atomic E-state index is 12.0. The third-order valence-electron chi connectivity index (χ3n) is 4.65. The Kier molecular flexibility index (Phi) is 8.03. The van der Waals surface area contributed by atoms with Crippen molar-refractivity contribution in [3.8, 4) is 23.3 Å². The smallest absolute Gasteiger partial charge is 0.277 e. The van der Waals surface area contributed by atoms with E-state index in [4.69, 9.17) is 19.5 Å². The van der Waals surface area contributed by atoms with E-state index in [-0.39, 0.29) is 19.1 Å². The third-order valence-corrected chi connectivity index (χ3v) is 4.65. The van der Waals surface area contributed by atoms with E-state index >= 15 is 0 Å². The summed E-state index contributed by atoms with van der Waals surface area (Å²) in [6, 6.07) is 20.2. The molecule has 3 rings (SSSR count). The molecule has 0 aromatic heterocycles. The van der Waals surface area contributed by atoms with Crippen LogP contribution in [0.1, 0.15) is 27.8 Å². The van der Waals surface area contributed by atoms with Crippen molar-refractivity contribution in [1.82, 2.24) is 5.43 Å². The molecule has 0 spiro atoms. The van der Waals surface area contributed by atoms with Crippen LogP contribution in [-0.4, -0.2) is 25.8 Å². The fourth-order valence-electron chi connectivity index (χ4n) is 3.15. The number of methoxy groups -OCH3 is 1. The van der Waals surface area contributed by atoms with Gasteiger partial charge in [-0.25, -0.2) is 5.43 Å². The largest absolute Gasteiger partial charge is 0.496 e. The summed E-state index contributed by atoms with van der Waals surface area (Å²) < 4.78 is 16.7. The van der Waals surface area contributed by atoms with Gasteiger partial charge in [-0.3, -0.25) is 4.79 Å². The second-order valence-corrected chi connectivity index (χ2v) is 7.40. The van der Waals surface area contributed by atoms with E-state index in [0.29, 0.717) is 22.8 Å². The van der Waals surface area contributed by atoms with E-state index in [1.807, 2.05) is 50.2 Å². The lowest BCUT2D eigenvalue weighted by molar-refractivity contribution is -0.123. The number of nitrogens with one attached hydrogen (secondary N) is 1. The minimum Gasteiger partial charge on any atom is -0.496 e. The molecule has 1 amide bonds. The van der Waals surface area contributed by atoms with Gasteiger partial charge in [-0.05, 0) is 85.1 Å². The first-order valence-corrected chi connectivity index (χ1v) is 10.3. The van der Waals surface area contributed by atoms with Crippen molar-refractivity contribution < 1.29 is 19.0 Å². The molecule has 0 atom stereocenters. The second-order valence-electron chi connectivity index (χ2n) is 7.40. The summed E-state index contributed by atoms with van der Waals surface area (Å²) in [6.07, 6.45) is 1.54. The molecular formula is C26H25N3O4. The molecule has 0 bridgehead atoms. The van der Waals surface area contributed by atoms with Crippen molar-refractivity contribution >= 4 is 12.1 Å². The quantitative estimate of drug-likeness (QED) is 0.393. The lowest BCUT2D eigenvalue weighted by atomic mass is 10.1. The van der Waals surface area contributed by atoms with Crippen LogP contribution in [0.5, 0.6) is 17.2 Å². The van der Waals surface area contributed by atoms with Crippen LogP contribution in [0.2, 0.25) is 0 Å². The molecule has 0 fully saturated rings. The Labute approximate surface area is 193 Å². The number of hydrogen-bond donors (Lipinski definition) is 1. The minimum absolute atomic E-state index is 0.132. The van der Waals surface area contributed by atoms with Crippen molar-refractivity contribution in [2.45, 2.75) is 20.5 Å². The molecule has 0 aliphatic rings. The van der Waals surface area contributed by atoms with Gasteiger partial charge in [0.05, 0.1) is 25.0 Å². The molecule has 0 saturated carbocycles. The number of ether oxygens (including phenoxy) is 3.